The minimum absolute atomic E-state index is 0.0456. The number of nitrogens with one attached hydrogen (secondary N) is 1. The monoisotopic (exact) mass is 510 g/mol. The molecule has 5 heterocycles. The van der Waals surface area contributed by atoms with Gasteiger partial charge < -0.3 is 30.2 Å². The minimum Gasteiger partial charge on any atom is -0.491 e. The maximum atomic E-state index is 15.4. The van der Waals surface area contributed by atoms with Gasteiger partial charge in [0.15, 0.2) is 17.5 Å². The number of aliphatic hydroxyl groups is 1. The van der Waals surface area contributed by atoms with Gasteiger partial charge in [0.1, 0.15) is 42.4 Å². The van der Waals surface area contributed by atoms with Crippen LogP contribution in [0.25, 0.3) is 32.5 Å². The van der Waals surface area contributed by atoms with Crippen LogP contribution in [-0.4, -0.2) is 66.4 Å². The first-order valence-electron chi connectivity index (χ1n) is 11.2. The number of hydrogen-bond donors (Lipinski definition) is 3. The van der Waals surface area contributed by atoms with Crippen molar-refractivity contribution in [2.45, 2.75) is 24.6 Å². The molecule has 11 nitrogen and oxygen atoms in total. The van der Waals surface area contributed by atoms with Crippen molar-refractivity contribution >= 4 is 43.5 Å². The lowest BCUT2D eigenvalue weighted by atomic mass is 10.1. The molecule has 13 heteroatoms. The van der Waals surface area contributed by atoms with Crippen LogP contribution >= 0.6 is 11.3 Å². The number of anilines is 2. The highest BCUT2D eigenvalue weighted by Gasteiger charge is 2.46. The maximum absolute atomic E-state index is 15.4. The van der Waals surface area contributed by atoms with Crippen LogP contribution in [-0.2, 0) is 11.8 Å². The lowest BCUT2D eigenvalue weighted by Gasteiger charge is -2.16. The van der Waals surface area contributed by atoms with Gasteiger partial charge in [-0.2, -0.15) is 5.10 Å². The molecule has 1 saturated heterocycles. The van der Waals surface area contributed by atoms with Gasteiger partial charge in [0, 0.05) is 38.1 Å². The maximum Gasteiger partial charge on any atom is 0.183 e. The van der Waals surface area contributed by atoms with Crippen molar-refractivity contribution in [1.82, 2.24) is 29.3 Å². The van der Waals surface area contributed by atoms with Gasteiger partial charge in [-0.05, 0) is 18.2 Å². The summed E-state index contributed by atoms with van der Waals surface area (Å²) in [6.45, 7) is -0.0456. The molecular weight excluding hydrogens is 487 g/mol. The van der Waals surface area contributed by atoms with E-state index < -0.39 is 24.6 Å². The molecule has 186 valence electrons. The molecule has 0 aliphatic carbocycles. The topological polar surface area (TPSA) is 138 Å². The summed E-state index contributed by atoms with van der Waals surface area (Å²) in [5.41, 5.74) is 8.61. The fourth-order valence-corrected chi connectivity index (χ4v) is 5.20. The first-order valence-corrected chi connectivity index (χ1v) is 12.0. The average molecular weight is 511 g/mol. The zero-order chi connectivity index (χ0) is 25.0. The Morgan fingerprint density at radius 2 is 2.17 bits per heavy atom. The number of nitrogens with two attached hydrogens (primary N) is 1. The predicted octanol–water partition coefficient (Wildman–Crippen LogP) is 2.74. The second kappa shape index (κ2) is 8.69. The molecule has 5 aromatic rings. The van der Waals surface area contributed by atoms with Crippen LogP contribution in [0.4, 0.5) is 15.3 Å². The molecule has 36 heavy (non-hydrogen) atoms. The molecule has 0 amide bonds. The third-order valence-electron chi connectivity index (χ3n) is 6.18. The fourth-order valence-electron chi connectivity index (χ4n) is 4.40. The van der Waals surface area contributed by atoms with E-state index in [9.17, 15) is 5.11 Å². The van der Waals surface area contributed by atoms with E-state index in [0.29, 0.717) is 28.0 Å². The highest BCUT2D eigenvalue weighted by Crippen LogP contribution is 2.39. The molecule has 4 N–H and O–H groups in total. The van der Waals surface area contributed by atoms with E-state index in [1.54, 1.807) is 30.2 Å². The Hall–Kier alpha value is -3.81. The van der Waals surface area contributed by atoms with Gasteiger partial charge in [-0.1, -0.05) is 11.3 Å². The number of aromatic nitrogens is 6. The number of alkyl halides is 1. The van der Waals surface area contributed by atoms with Gasteiger partial charge in [0.25, 0.3) is 0 Å². The Morgan fingerprint density at radius 1 is 1.31 bits per heavy atom. The Bertz CT molecular complexity index is 1570. The lowest BCUT2D eigenvalue weighted by molar-refractivity contribution is -0.0410. The predicted molar refractivity (Wildman–Crippen MR) is 134 cm³/mol. The third-order valence-corrected chi connectivity index (χ3v) is 7.24. The smallest absolute Gasteiger partial charge is 0.183 e. The fraction of sp³-hybridized carbons (Fsp3) is 0.304. The highest BCUT2D eigenvalue weighted by molar-refractivity contribution is 7.22. The molecule has 1 aliphatic heterocycles. The van der Waals surface area contributed by atoms with E-state index in [4.69, 9.17) is 15.2 Å². The second-order valence-corrected chi connectivity index (χ2v) is 9.52. The number of benzene rings is 1. The van der Waals surface area contributed by atoms with Crippen molar-refractivity contribution in [3.63, 3.8) is 0 Å². The number of thiazole rings is 1. The first-order chi connectivity index (χ1) is 17.4. The Balaban J connectivity index is 1.27. The molecule has 0 radical (unpaired) electrons. The van der Waals surface area contributed by atoms with Crippen LogP contribution in [0.1, 0.15) is 6.23 Å². The van der Waals surface area contributed by atoms with Crippen molar-refractivity contribution in [3.05, 3.63) is 43.0 Å². The molecule has 1 aromatic carbocycles. The summed E-state index contributed by atoms with van der Waals surface area (Å²) < 4.78 is 31.4. The van der Waals surface area contributed by atoms with Gasteiger partial charge in [-0.3, -0.25) is 4.68 Å². The quantitative estimate of drug-likeness (QED) is 0.315. The highest BCUT2D eigenvalue weighted by atomic mass is 32.1. The average Bonchev–Trinajstić information content (AvgIpc) is 3.64. The van der Waals surface area contributed by atoms with E-state index in [0.717, 1.165) is 15.3 Å². The third kappa shape index (κ3) is 3.72. The van der Waals surface area contributed by atoms with Gasteiger partial charge in [0.2, 0.25) is 0 Å². The van der Waals surface area contributed by atoms with Gasteiger partial charge in [-0.15, -0.1) is 0 Å². The molecule has 4 aromatic heterocycles. The van der Waals surface area contributed by atoms with Crippen LogP contribution < -0.4 is 15.8 Å². The Morgan fingerprint density at radius 3 is 2.94 bits per heavy atom. The molecule has 4 atom stereocenters. The van der Waals surface area contributed by atoms with E-state index in [1.807, 2.05) is 25.2 Å². The van der Waals surface area contributed by atoms with Crippen LogP contribution in [0.2, 0.25) is 0 Å². The van der Waals surface area contributed by atoms with Crippen LogP contribution in [0.15, 0.2) is 43.0 Å². The second-order valence-electron chi connectivity index (χ2n) is 8.49. The number of halogens is 1. The number of hydrogen-bond acceptors (Lipinski definition) is 10. The number of nitrogens with zero attached hydrogens (tertiary/aromatic N) is 6. The van der Waals surface area contributed by atoms with Crippen molar-refractivity contribution in [2.24, 2.45) is 7.05 Å². The van der Waals surface area contributed by atoms with E-state index in [-0.39, 0.29) is 12.4 Å². The van der Waals surface area contributed by atoms with Crippen LogP contribution in [0, 0.1) is 0 Å². The number of fused-ring (bicyclic) bond motifs is 2. The molecule has 0 spiro atoms. The molecule has 0 saturated carbocycles. The largest absolute Gasteiger partial charge is 0.491 e. The first kappa shape index (κ1) is 22.6. The van der Waals surface area contributed by atoms with E-state index in [1.165, 1.54) is 22.2 Å². The summed E-state index contributed by atoms with van der Waals surface area (Å²) in [4.78, 5) is 12.9. The van der Waals surface area contributed by atoms with Gasteiger partial charge >= 0.3 is 0 Å². The number of rotatable bonds is 6. The van der Waals surface area contributed by atoms with Crippen molar-refractivity contribution in [3.8, 4) is 17.0 Å². The summed E-state index contributed by atoms with van der Waals surface area (Å²) in [5, 5.41) is 19.4. The minimum atomic E-state index is -1.72. The molecule has 1 aliphatic rings. The summed E-state index contributed by atoms with van der Waals surface area (Å²) in [6, 6.07) is 7.34. The SMILES string of the molecule is CNc1nc2cc(OC[C@H]3O[C@@H](n4cc(-c5ccn(C)n5)c5c(N)ncnc54)[C@@H](F)[C@@H]3O)ccc2s1. The summed E-state index contributed by atoms with van der Waals surface area (Å²) >= 11 is 1.53. The van der Waals surface area contributed by atoms with Crippen molar-refractivity contribution in [1.29, 1.82) is 0 Å². The van der Waals surface area contributed by atoms with E-state index in [2.05, 4.69) is 25.4 Å². The molecule has 6 rings (SSSR count). The van der Waals surface area contributed by atoms with Gasteiger partial charge in [0.05, 0.1) is 21.3 Å². The van der Waals surface area contributed by atoms with Crippen LogP contribution in [0.5, 0.6) is 5.75 Å². The van der Waals surface area contributed by atoms with E-state index >= 15 is 4.39 Å². The summed E-state index contributed by atoms with van der Waals surface area (Å²) in [6.07, 6.45) is -0.377. The Kier molecular flexibility index (Phi) is 5.47. The Labute approximate surface area is 208 Å². The van der Waals surface area contributed by atoms with Crippen molar-refractivity contribution < 1.29 is 19.0 Å². The summed E-state index contributed by atoms with van der Waals surface area (Å²) in [5.74, 6) is 0.793. The number of nitrogen functional groups attached to an aromatic ring is 1. The van der Waals surface area contributed by atoms with Crippen molar-refractivity contribution in [2.75, 3.05) is 24.7 Å². The van der Waals surface area contributed by atoms with Crippen LogP contribution in [0.3, 0.4) is 0 Å². The standard InChI is InChI=1S/C23H23FN8O3S/c1-26-23-29-14-7-11(3-4-16(14)36-23)34-9-15-19(33)18(24)22(35-15)32-8-12(13-5-6-31(2)30-13)17-20(25)27-10-28-21(17)32/h3-8,10,15,18-19,22,33H,9H2,1-2H3,(H,26,29)(H2,25,27,28)/t15-,18+,19-,22-/m1/s1. The number of ether oxygens (including phenoxy) is 2. The molecule has 1 fully saturated rings. The molecule has 0 bridgehead atoms. The summed E-state index contributed by atoms with van der Waals surface area (Å²) in [7, 11) is 3.61. The number of aryl methyl sites for hydroxylation is 1. The zero-order valence-electron chi connectivity index (χ0n) is 19.4. The zero-order valence-corrected chi connectivity index (χ0v) is 20.2. The van der Waals surface area contributed by atoms with Gasteiger partial charge in [-0.25, -0.2) is 19.3 Å². The number of aliphatic hydroxyl groups excluding tert-OH is 1. The molecule has 0 unspecified atom stereocenters. The molecular formula is C23H23FN8O3S. The lowest BCUT2D eigenvalue weighted by Crippen LogP contribution is -2.32. The normalized spacial score (nSPS) is 22.0.